The maximum Gasteiger partial charge on any atom is 0.191 e. The van der Waals surface area contributed by atoms with Gasteiger partial charge in [0.05, 0.1) is 26.4 Å². The third kappa shape index (κ3) is 6.87. The number of likely N-dealkylation sites (tertiary alicyclic amines) is 1. The van der Waals surface area contributed by atoms with Crippen molar-refractivity contribution in [1.29, 1.82) is 0 Å². The minimum absolute atomic E-state index is 0.268. The van der Waals surface area contributed by atoms with Gasteiger partial charge in [0, 0.05) is 45.4 Å². The molecule has 7 nitrogen and oxygen atoms in total. The van der Waals surface area contributed by atoms with Gasteiger partial charge in [-0.15, -0.1) is 0 Å². The zero-order chi connectivity index (χ0) is 20.6. The largest absolute Gasteiger partial charge is 0.497 e. The molecular formula is C21H36N4O3. The fourth-order valence-corrected chi connectivity index (χ4v) is 3.16. The summed E-state index contributed by atoms with van der Waals surface area (Å²) in [6.07, 6.45) is 1.08. The van der Waals surface area contributed by atoms with E-state index in [2.05, 4.69) is 34.6 Å². The summed E-state index contributed by atoms with van der Waals surface area (Å²) in [5.74, 6) is 2.50. The van der Waals surface area contributed by atoms with Gasteiger partial charge in [0.25, 0.3) is 0 Å². The lowest BCUT2D eigenvalue weighted by Crippen LogP contribution is -2.45. The third-order valence-corrected chi connectivity index (χ3v) is 4.95. The lowest BCUT2D eigenvalue weighted by molar-refractivity contribution is 0.0310. The minimum Gasteiger partial charge on any atom is -0.497 e. The maximum absolute atomic E-state index is 5.47. The summed E-state index contributed by atoms with van der Waals surface area (Å²) in [6, 6.07) is 6.41. The first-order chi connectivity index (χ1) is 13.4. The average Bonchev–Trinajstić information content (AvgIpc) is 3.12. The van der Waals surface area contributed by atoms with E-state index in [4.69, 9.17) is 19.2 Å². The van der Waals surface area contributed by atoms with Gasteiger partial charge in [-0.3, -0.25) is 9.89 Å². The summed E-state index contributed by atoms with van der Waals surface area (Å²) in [7, 11) is 5.08. The lowest BCUT2D eigenvalue weighted by atomic mass is 10.1. The van der Waals surface area contributed by atoms with Crippen LogP contribution in [-0.2, 0) is 11.3 Å². The molecule has 1 aliphatic rings. The molecule has 1 heterocycles. The highest BCUT2D eigenvalue weighted by atomic mass is 16.5. The Balaban J connectivity index is 1.94. The van der Waals surface area contributed by atoms with Crippen LogP contribution in [0.3, 0.4) is 0 Å². The molecule has 1 aromatic carbocycles. The Hall–Kier alpha value is -1.99. The Kier molecular flexibility index (Phi) is 8.38. The molecule has 1 atom stereocenters. The third-order valence-electron chi connectivity index (χ3n) is 4.95. The Morgan fingerprint density at radius 2 is 1.86 bits per heavy atom. The van der Waals surface area contributed by atoms with Crippen molar-refractivity contribution in [2.45, 2.75) is 45.4 Å². The number of hydrogen-bond acceptors (Lipinski definition) is 5. The lowest BCUT2D eigenvalue weighted by Gasteiger charge is -2.23. The van der Waals surface area contributed by atoms with E-state index in [1.165, 1.54) is 5.56 Å². The quantitative estimate of drug-likeness (QED) is 0.496. The summed E-state index contributed by atoms with van der Waals surface area (Å²) in [6.45, 7) is 10.5. The summed E-state index contributed by atoms with van der Waals surface area (Å²) in [4.78, 5) is 7.13. The van der Waals surface area contributed by atoms with Crippen LogP contribution in [0.5, 0.6) is 11.5 Å². The number of ether oxygens (including phenoxy) is 3. The molecule has 1 unspecified atom stereocenters. The number of methoxy groups -OCH3 is 3. The Morgan fingerprint density at radius 3 is 2.43 bits per heavy atom. The number of nitrogens with zero attached hydrogens (tertiary/aromatic N) is 2. The van der Waals surface area contributed by atoms with E-state index in [1.54, 1.807) is 21.3 Å². The highest BCUT2D eigenvalue weighted by Crippen LogP contribution is 2.24. The molecule has 1 fully saturated rings. The van der Waals surface area contributed by atoms with Crippen molar-refractivity contribution in [3.05, 3.63) is 23.8 Å². The fraction of sp³-hybridized carbons (Fsp3) is 0.667. The van der Waals surface area contributed by atoms with Gasteiger partial charge in [-0.05, 0) is 44.9 Å². The molecule has 0 radical (unpaired) electrons. The van der Waals surface area contributed by atoms with Crippen LogP contribution in [0.25, 0.3) is 0 Å². The second-order valence-electron chi connectivity index (χ2n) is 7.74. The van der Waals surface area contributed by atoms with Crippen molar-refractivity contribution in [2.75, 3.05) is 47.5 Å². The van der Waals surface area contributed by atoms with Crippen molar-refractivity contribution in [3.63, 3.8) is 0 Å². The van der Waals surface area contributed by atoms with E-state index < -0.39 is 0 Å². The smallest absolute Gasteiger partial charge is 0.191 e. The van der Waals surface area contributed by atoms with E-state index in [9.17, 15) is 0 Å². The molecule has 1 saturated heterocycles. The van der Waals surface area contributed by atoms with E-state index in [-0.39, 0.29) is 5.60 Å². The molecule has 1 aliphatic heterocycles. The average molecular weight is 393 g/mol. The topological polar surface area (TPSA) is 67.4 Å². The number of benzene rings is 1. The van der Waals surface area contributed by atoms with E-state index in [0.717, 1.165) is 50.1 Å². The van der Waals surface area contributed by atoms with Crippen LogP contribution < -0.4 is 20.1 Å². The predicted molar refractivity (Wildman–Crippen MR) is 113 cm³/mol. The first-order valence-electron chi connectivity index (χ1n) is 9.93. The van der Waals surface area contributed by atoms with Gasteiger partial charge in [-0.25, -0.2) is 0 Å². The predicted octanol–water partition coefficient (Wildman–Crippen LogP) is 2.26. The molecule has 1 aromatic rings. The van der Waals surface area contributed by atoms with Gasteiger partial charge in [0.1, 0.15) is 11.5 Å². The molecule has 2 N–H and O–H groups in total. The van der Waals surface area contributed by atoms with Crippen molar-refractivity contribution in [3.8, 4) is 11.5 Å². The molecule has 0 aromatic heterocycles. The number of aliphatic imine (C=N–C) groups is 1. The molecular weight excluding hydrogens is 356 g/mol. The van der Waals surface area contributed by atoms with Crippen LogP contribution >= 0.6 is 0 Å². The van der Waals surface area contributed by atoms with Crippen molar-refractivity contribution >= 4 is 5.96 Å². The number of nitrogens with one attached hydrogen (secondary N) is 2. The molecule has 0 amide bonds. The van der Waals surface area contributed by atoms with E-state index in [1.807, 2.05) is 19.9 Å². The van der Waals surface area contributed by atoms with Gasteiger partial charge in [0.2, 0.25) is 0 Å². The van der Waals surface area contributed by atoms with Gasteiger partial charge in [-0.2, -0.15) is 0 Å². The van der Waals surface area contributed by atoms with Crippen LogP contribution in [0.1, 0.15) is 32.8 Å². The molecule has 2 rings (SSSR count). The molecule has 28 heavy (non-hydrogen) atoms. The van der Waals surface area contributed by atoms with Crippen LogP contribution in [0.4, 0.5) is 0 Å². The van der Waals surface area contributed by atoms with Gasteiger partial charge < -0.3 is 24.8 Å². The van der Waals surface area contributed by atoms with Crippen LogP contribution in [0.2, 0.25) is 0 Å². The molecule has 0 spiro atoms. The summed E-state index contributed by atoms with van der Waals surface area (Å²) < 4.78 is 16.2. The zero-order valence-electron chi connectivity index (χ0n) is 18.2. The van der Waals surface area contributed by atoms with E-state index in [0.29, 0.717) is 12.6 Å². The maximum atomic E-state index is 5.47. The highest BCUT2D eigenvalue weighted by molar-refractivity contribution is 5.80. The zero-order valence-corrected chi connectivity index (χ0v) is 18.2. The molecule has 158 valence electrons. The first-order valence-corrected chi connectivity index (χ1v) is 9.93. The summed E-state index contributed by atoms with van der Waals surface area (Å²) >= 11 is 0. The highest BCUT2D eigenvalue weighted by Gasteiger charge is 2.24. The number of guanidine groups is 1. The van der Waals surface area contributed by atoms with Crippen molar-refractivity contribution in [2.24, 2.45) is 4.99 Å². The van der Waals surface area contributed by atoms with E-state index >= 15 is 0 Å². The second kappa shape index (κ2) is 10.5. The second-order valence-corrected chi connectivity index (χ2v) is 7.74. The number of hydrogen-bond donors (Lipinski definition) is 2. The van der Waals surface area contributed by atoms with Gasteiger partial charge >= 0.3 is 0 Å². The Morgan fingerprint density at radius 1 is 1.18 bits per heavy atom. The van der Waals surface area contributed by atoms with Crippen molar-refractivity contribution < 1.29 is 14.2 Å². The van der Waals surface area contributed by atoms with Gasteiger partial charge in [-0.1, -0.05) is 0 Å². The van der Waals surface area contributed by atoms with Crippen molar-refractivity contribution in [1.82, 2.24) is 15.5 Å². The normalized spacial score (nSPS) is 18.2. The summed E-state index contributed by atoms with van der Waals surface area (Å²) in [5.41, 5.74) is 0.925. The van der Waals surface area contributed by atoms with Crippen LogP contribution in [0, 0.1) is 0 Å². The standard InChI is InChI=1S/C21H36N4O3/c1-7-22-20(23-15-21(2,3)28-6)24-17-8-9-25(14-17)13-16-10-18(26-4)12-19(11-16)27-5/h10-12,17H,7-9,13-15H2,1-6H3,(H2,22,23,24). The Labute approximate surface area is 169 Å². The fourth-order valence-electron chi connectivity index (χ4n) is 3.16. The summed E-state index contributed by atoms with van der Waals surface area (Å²) in [5, 5.41) is 6.90. The minimum atomic E-state index is -0.268. The molecule has 0 bridgehead atoms. The molecule has 7 heteroatoms. The molecule has 0 saturated carbocycles. The first kappa shape index (κ1) is 22.3. The van der Waals surface area contributed by atoms with Crippen LogP contribution in [-0.4, -0.2) is 70.0 Å². The Bertz CT molecular complexity index is 626. The number of rotatable bonds is 9. The molecule has 0 aliphatic carbocycles. The van der Waals surface area contributed by atoms with Crippen LogP contribution in [0.15, 0.2) is 23.2 Å². The monoisotopic (exact) mass is 392 g/mol. The SMILES string of the molecule is CCNC(=NCC(C)(C)OC)NC1CCN(Cc2cc(OC)cc(OC)c2)C1. The van der Waals surface area contributed by atoms with Gasteiger partial charge in [0.15, 0.2) is 5.96 Å².